The van der Waals surface area contributed by atoms with Gasteiger partial charge >= 0.3 is 0 Å². The van der Waals surface area contributed by atoms with E-state index >= 15 is 0 Å². The van der Waals surface area contributed by atoms with Crippen molar-refractivity contribution in [3.05, 3.63) is 77.9 Å². The van der Waals surface area contributed by atoms with Crippen molar-refractivity contribution < 1.29 is 9.59 Å². The van der Waals surface area contributed by atoms with Gasteiger partial charge < -0.3 is 0 Å². The Morgan fingerprint density at radius 3 is 2.19 bits per heavy atom. The lowest BCUT2D eigenvalue weighted by Gasteiger charge is -2.23. The summed E-state index contributed by atoms with van der Waals surface area (Å²) in [5.74, 6) is 0.523. The lowest BCUT2D eigenvalue weighted by molar-refractivity contribution is -0.123. The number of carbonyl (C=O) groups is 2. The van der Waals surface area contributed by atoms with E-state index in [1.54, 1.807) is 0 Å². The summed E-state index contributed by atoms with van der Waals surface area (Å²) in [7, 11) is 0. The smallest absolute Gasteiger partial charge is 0.238 e. The molecule has 5 atom stereocenters. The van der Waals surface area contributed by atoms with E-state index in [4.69, 9.17) is 0 Å². The van der Waals surface area contributed by atoms with E-state index in [9.17, 15) is 9.59 Å². The minimum absolute atomic E-state index is 0.00513. The molecule has 1 aliphatic heterocycles. The van der Waals surface area contributed by atoms with Gasteiger partial charge in [-0.2, -0.15) is 0 Å². The lowest BCUT2D eigenvalue weighted by atomic mass is 9.85. The molecule has 4 aliphatic rings. The third-order valence-electron chi connectivity index (χ3n) is 7.45. The molecule has 3 heteroatoms. The minimum Gasteiger partial charge on any atom is -0.274 e. The number of anilines is 1. The maximum absolute atomic E-state index is 13.3. The van der Waals surface area contributed by atoms with Crippen molar-refractivity contribution in [3.8, 4) is 0 Å². The Kier molecular flexibility index (Phi) is 2.84. The van der Waals surface area contributed by atoms with Crippen LogP contribution in [0.15, 0.2) is 66.7 Å². The van der Waals surface area contributed by atoms with Crippen molar-refractivity contribution in [1.82, 2.24) is 0 Å². The van der Waals surface area contributed by atoms with Gasteiger partial charge in [-0.15, -0.1) is 0 Å². The molecule has 1 saturated heterocycles. The van der Waals surface area contributed by atoms with Gasteiger partial charge in [-0.1, -0.05) is 54.6 Å². The van der Waals surface area contributed by atoms with Crippen LogP contribution in [-0.4, -0.2) is 11.8 Å². The Morgan fingerprint density at radius 2 is 1.56 bits per heavy atom. The van der Waals surface area contributed by atoms with Gasteiger partial charge in [-0.3, -0.25) is 14.5 Å². The number of allylic oxidation sites excluding steroid dienone is 2. The number of benzene rings is 2. The van der Waals surface area contributed by atoms with E-state index in [1.807, 2.05) is 37.3 Å². The number of aryl methyl sites for hydroxylation is 1. The van der Waals surface area contributed by atoms with Crippen molar-refractivity contribution in [2.45, 2.75) is 19.3 Å². The number of fused-ring (bicyclic) bond motifs is 3. The zero-order valence-electron chi connectivity index (χ0n) is 15.2. The Bertz CT molecular complexity index is 976. The van der Waals surface area contributed by atoms with Crippen LogP contribution in [0.25, 0.3) is 0 Å². The quantitative estimate of drug-likeness (QED) is 0.601. The van der Waals surface area contributed by atoms with E-state index in [-0.39, 0.29) is 40.9 Å². The predicted molar refractivity (Wildman–Crippen MR) is 103 cm³/mol. The summed E-state index contributed by atoms with van der Waals surface area (Å²) in [4.78, 5) is 28.1. The fourth-order valence-electron chi connectivity index (χ4n) is 6.36. The van der Waals surface area contributed by atoms with Crippen molar-refractivity contribution in [1.29, 1.82) is 0 Å². The molecule has 27 heavy (non-hydrogen) atoms. The number of imide groups is 1. The number of carbonyl (C=O) groups excluding carboxylic acids is 2. The number of hydrogen-bond acceptors (Lipinski definition) is 2. The Morgan fingerprint density at radius 1 is 0.889 bits per heavy atom. The summed E-state index contributed by atoms with van der Waals surface area (Å²) in [5, 5.41) is 0. The Hall–Kier alpha value is -2.68. The highest BCUT2D eigenvalue weighted by Gasteiger charge is 2.77. The molecule has 134 valence electrons. The fraction of sp³-hybridized carbons (Fsp3) is 0.333. The first-order chi connectivity index (χ1) is 13.1. The van der Waals surface area contributed by atoms with Crippen LogP contribution in [0.4, 0.5) is 5.69 Å². The number of amides is 2. The van der Waals surface area contributed by atoms with Gasteiger partial charge in [0.25, 0.3) is 0 Å². The van der Waals surface area contributed by atoms with Crippen LogP contribution in [0.1, 0.15) is 23.5 Å². The molecule has 0 radical (unpaired) electrons. The van der Waals surface area contributed by atoms with E-state index in [0.717, 1.165) is 17.7 Å². The first-order valence-corrected chi connectivity index (χ1v) is 9.80. The van der Waals surface area contributed by atoms with Crippen molar-refractivity contribution in [3.63, 3.8) is 0 Å². The van der Waals surface area contributed by atoms with Gasteiger partial charge in [0.2, 0.25) is 11.8 Å². The van der Waals surface area contributed by atoms with Crippen molar-refractivity contribution in [2.24, 2.45) is 29.1 Å². The standard InChI is InChI=1S/C24H21NO2/c1-14-6-5-9-16(12-14)25-22(26)20-17-10-11-18(21(20)23(25)27)24(17)13-19(24)15-7-3-2-4-8-15/h2-12,17-21H,13H2,1H3. The fourth-order valence-corrected chi connectivity index (χ4v) is 6.36. The normalized spacial score (nSPS) is 38.1. The van der Waals surface area contributed by atoms with Gasteiger partial charge in [0, 0.05) is 0 Å². The molecule has 0 N–H and O–H groups in total. The summed E-state index contributed by atoms with van der Waals surface area (Å²) in [5.41, 5.74) is 3.24. The van der Waals surface area contributed by atoms with Crippen LogP contribution >= 0.6 is 0 Å². The molecule has 6 rings (SSSR count). The predicted octanol–water partition coefficient (Wildman–Crippen LogP) is 4.09. The first-order valence-electron chi connectivity index (χ1n) is 9.80. The highest BCUT2D eigenvalue weighted by atomic mass is 16.2. The monoisotopic (exact) mass is 355 g/mol. The van der Waals surface area contributed by atoms with Gasteiger partial charge in [0.1, 0.15) is 0 Å². The summed E-state index contributed by atoms with van der Waals surface area (Å²) in [6.07, 6.45) is 5.57. The molecule has 2 aromatic carbocycles. The van der Waals surface area contributed by atoms with E-state index in [2.05, 4.69) is 36.4 Å². The molecule has 1 heterocycles. The Labute approximate surface area is 158 Å². The van der Waals surface area contributed by atoms with E-state index < -0.39 is 0 Å². The summed E-state index contributed by atoms with van der Waals surface area (Å²) < 4.78 is 0. The minimum atomic E-state index is -0.179. The van der Waals surface area contributed by atoms with Crippen LogP contribution in [0.3, 0.4) is 0 Å². The van der Waals surface area contributed by atoms with Gasteiger partial charge in [-0.25, -0.2) is 0 Å². The summed E-state index contributed by atoms with van der Waals surface area (Å²) in [6, 6.07) is 18.3. The van der Waals surface area contributed by atoms with Crippen LogP contribution < -0.4 is 4.90 Å². The lowest BCUT2D eigenvalue weighted by Crippen LogP contribution is -2.35. The molecule has 2 bridgehead atoms. The molecule has 2 amide bonds. The topological polar surface area (TPSA) is 37.4 Å². The highest BCUT2D eigenvalue weighted by Crippen LogP contribution is 2.79. The van der Waals surface area contributed by atoms with Gasteiger partial charge in [-0.05, 0) is 59.8 Å². The second kappa shape index (κ2) is 4.98. The maximum atomic E-state index is 13.3. The molecule has 5 unspecified atom stereocenters. The molecule has 3 nitrogen and oxygen atoms in total. The third kappa shape index (κ3) is 1.77. The number of rotatable bonds is 2. The number of hydrogen-bond donors (Lipinski definition) is 0. The molecule has 3 aliphatic carbocycles. The average Bonchev–Trinajstić information content (AvgIpc) is 3.15. The zero-order chi connectivity index (χ0) is 18.3. The van der Waals surface area contributed by atoms with Crippen LogP contribution in [0, 0.1) is 36.0 Å². The SMILES string of the molecule is Cc1cccc(N2C(=O)C3C(C2=O)C2C=CC3C23CC3c2ccccc2)c1. The molecule has 1 spiro atoms. The average molecular weight is 355 g/mol. The van der Waals surface area contributed by atoms with Gasteiger partial charge in [0.05, 0.1) is 17.5 Å². The third-order valence-corrected chi connectivity index (χ3v) is 7.45. The summed E-state index contributed by atoms with van der Waals surface area (Å²) in [6.45, 7) is 1.99. The molecule has 0 aromatic heterocycles. The Balaban J connectivity index is 1.37. The van der Waals surface area contributed by atoms with Crippen LogP contribution in [-0.2, 0) is 9.59 Å². The molecule has 2 saturated carbocycles. The first kappa shape index (κ1) is 15.4. The maximum Gasteiger partial charge on any atom is 0.238 e. The van der Waals surface area contributed by atoms with Crippen molar-refractivity contribution >= 4 is 17.5 Å². The van der Waals surface area contributed by atoms with E-state index in [0.29, 0.717) is 5.92 Å². The van der Waals surface area contributed by atoms with Crippen LogP contribution in [0.5, 0.6) is 0 Å². The van der Waals surface area contributed by atoms with Crippen molar-refractivity contribution in [2.75, 3.05) is 4.90 Å². The summed E-state index contributed by atoms with van der Waals surface area (Å²) >= 11 is 0. The van der Waals surface area contributed by atoms with E-state index in [1.165, 1.54) is 10.5 Å². The molecule has 2 aromatic rings. The second-order valence-corrected chi connectivity index (χ2v) is 8.62. The zero-order valence-corrected chi connectivity index (χ0v) is 15.2. The van der Waals surface area contributed by atoms with Gasteiger partial charge in [0.15, 0.2) is 0 Å². The number of nitrogens with zero attached hydrogens (tertiary/aromatic N) is 1. The largest absolute Gasteiger partial charge is 0.274 e. The second-order valence-electron chi connectivity index (χ2n) is 8.62. The molecular weight excluding hydrogens is 334 g/mol. The highest BCUT2D eigenvalue weighted by molar-refractivity contribution is 6.23. The molecular formula is C24H21NO2. The molecule has 3 fully saturated rings. The van der Waals surface area contributed by atoms with Crippen LogP contribution in [0.2, 0.25) is 0 Å².